The number of hydrogen-bond donors (Lipinski definition) is 2. The number of aromatic hydroxyl groups is 1. The first-order valence-corrected chi connectivity index (χ1v) is 14.4. The zero-order valence-corrected chi connectivity index (χ0v) is 28.8. The molecule has 1 saturated carbocycles. The molecule has 3 saturated heterocycles. The first-order valence-electron chi connectivity index (χ1n) is 14.0. The van der Waals surface area contributed by atoms with Gasteiger partial charge in [0.25, 0.3) is 0 Å². The third kappa shape index (κ3) is 6.32. The van der Waals surface area contributed by atoms with Gasteiger partial charge in [-0.05, 0) is 37.7 Å². The second-order valence-electron chi connectivity index (χ2n) is 11.4. The number of ether oxygens (including phenoxy) is 1. The van der Waals surface area contributed by atoms with Gasteiger partial charge >= 0.3 is 12.2 Å². The van der Waals surface area contributed by atoms with E-state index in [0.29, 0.717) is 12.6 Å². The molecule has 0 bridgehead atoms. The largest absolute Gasteiger partial charge is 0.479 e. The molecular weight excluding hydrogens is 857 g/mol. The van der Waals surface area contributed by atoms with Crippen LogP contribution < -0.4 is 10.6 Å². The van der Waals surface area contributed by atoms with Crippen molar-refractivity contribution >= 4 is 34.0 Å². The van der Waals surface area contributed by atoms with Crippen molar-refractivity contribution < 1.29 is 71.7 Å². The minimum Gasteiger partial charge on any atom is -0.479 e. The number of anilines is 2. The summed E-state index contributed by atoms with van der Waals surface area (Å²) < 4.78 is 104. The van der Waals surface area contributed by atoms with E-state index in [1.165, 1.54) is 17.4 Å². The molecule has 4 aliphatic rings. The van der Waals surface area contributed by atoms with E-state index >= 15 is 4.39 Å². The first-order chi connectivity index (χ1) is 20.8. The molecule has 0 spiro atoms. The van der Waals surface area contributed by atoms with E-state index in [1.54, 1.807) is 0 Å². The van der Waals surface area contributed by atoms with Crippen LogP contribution in [-0.4, -0.2) is 71.2 Å². The van der Waals surface area contributed by atoms with E-state index in [9.17, 15) is 31.4 Å². The Hall–Kier alpha value is -2.05. The molecule has 4 fully saturated rings. The molecule has 4 atom stereocenters. The van der Waals surface area contributed by atoms with E-state index in [-0.39, 0.29) is 62.1 Å². The van der Waals surface area contributed by atoms with Gasteiger partial charge in [-0.3, -0.25) is 0 Å². The predicted molar refractivity (Wildman–Crippen MR) is 150 cm³/mol. The van der Waals surface area contributed by atoms with Gasteiger partial charge in [0.2, 0.25) is 0 Å². The maximum atomic E-state index is 15.8. The second-order valence-corrected chi connectivity index (χ2v) is 11.8. The topological polar surface area (TPSA) is 87.7 Å². The predicted octanol–water partition coefficient (Wildman–Crippen LogP) is 6.37. The Morgan fingerprint density at radius 1 is 1.13 bits per heavy atom. The molecule has 16 heteroatoms. The molecule has 7 rings (SSSR count). The smallest absolute Gasteiger partial charge is 0.417 e. The Labute approximate surface area is 282 Å². The number of hydrogen-bond acceptors (Lipinski definition) is 7. The van der Waals surface area contributed by atoms with Crippen molar-refractivity contribution in [1.82, 2.24) is 14.9 Å². The molecule has 3 aliphatic heterocycles. The fourth-order valence-corrected chi connectivity index (χ4v) is 6.80. The maximum Gasteiger partial charge on any atom is 0.417 e. The Morgan fingerprint density at radius 3 is 2.56 bits per heavy atom. The van der Waals surface area contributed by atoms with Crippen LogP contribution in [-0.2, 0) is 10.9 Å². The number of nitrogen functional groups attached to an aromatic ring is 1. The summed E-state index contributed by atoms with van der Waals surface area (Å²) in [5, 5.41) is 9.61. The number of aromatic nitrogens is 2. The molecule has 2 aromatic carbocycles. The third-order valence-corrected chi connectivity index (χ3v) is 8.90. The van der Waals surface area contributed by atoms with E-state index in [0.717, 1.165) is 32.4 Å². The number of nitrogens with two attached hydrogens (primary N) is 1. The van der Waals surface area contributed by atoms with Crippen molar-refractivity contribution in [2.45, 2.75) is 50.7 Å². The Balaban J connectivity index is 0.000000341. The molecule has 4 heterocycles. The van der Waals surface area contributed by atoms with E-state index in [1.807, 2.05) is 0 Å². The molecule has 0 amide bonds. The Bertz CT molecular complexity index is 1600. The first kappa shape index (κ1) is 34.3. The second kappa shape index (κ2) is 12.9. The summed E-state index contributed by atoms with van der Waals surface area (Å²) in [6.07, 6.45) is -3.73. The average molecular weight is 885 g/mol. The molecule has 3 N–H and O–H groups in total. The van der Waals surface area contributed by atoms with Crippen molar-refractivity contribution in [2.24, 2.45) is 5.92 Å². The summed E-state index contributed by atoms with van der Waals surface area (Å²) in [6.45, 7) is 3.22. The maximum absolute atomic E-state index is 15.8. The molecular formula is C29H28ClF7N5O2U-. The van der Waals surface area contributed by atoms with Crippen LogP contribution in [0, 0.1) is 61.6 Å². The SMILES string of the molecule is Cc1c(F)c(N)cc(-c2c(Cl)cc3c(N4CCOC[C@H]5[C@H](F)[C@H]54)nc(O)nc3c2F)c1C(F)(F)F.F[C@@H]1C[C-]2CCCN2C1.[U]. The molecule has 7 nitrogen and oxygen atoms in total. The Morgan fingerprint density at radius 2 is 1.87 bits per heavy atom. The van der Waals surface area contributed by atoms with Crippen molar-refractivity contribution in [3.8, 4) is 17.1 Å². The van der Waals surface area contributed by atoms with Gasteiger partial charge in [-0.1, -0.05) is 18.0 Å². The molecule has 0 unspecified atom stereocenters. The number of rotatable bonds is 2. The van der Waals surface area contributed by atoms with E-state index < -0.39 is 86.6 Å². The monoisotopic (exact) mass is 884 g/mol. The molecule has 0 radical (unpaired) electrons. The zero-order valence-electron chi connectivity index (χ0n) is 23.9. The summed E-state index contributed by atoms with van der Waals surface area (Å²) in [6, 6.07) is 1.64. The van der Waals surface area contributed by atoms with Crippen LogP contribution in [0.4, 0.5) is 42.2 Å². The fourth-order valence-electron chi connectivity index (χ4n) is 6.50. The van der Waals surface area contributed by atoms with Crippen molar-refractivity contribution in [3.05, 3.63) is 46.0 Å². The molecule has 1 aromatic heterocycles. The van der Waals surface area contributed by atoms with Gasteiger partial charge in [0, 0.05) is 60.1 Å². The van der Waals surface area contributed by atoms with Crippen LogP contribution in [0.5, 0.6) is 6.01 Å². The summed E-state index contributed by atoms with van der Waals surface area (Å²) in [5.41, 5.74) is 0.586. The minimum atomic E-state index is -5.07. The minimum absolute atomic E-state index is 0. The molecule has 45 heavy (non-hydrogen) atoms. The summed E-state index contributed by atoms with van der Waals surface area (Å²) in [4.78, 5) is 11.3. The average Bonchev–Trinajstić information content (AvgIpc) is 3.24. The van der Waals surface area contributed by atoms with Gasteiger partial charge in [-0.2, -0.15) is 29.6 Å². The van der Waals surface area contributed by atoms with Crippen LogP contribution in [0.2, 0.25) is 5.02 Å². The molecule has 1 aliphatic carbocycles. The quantitative estimate of drug-likeness (QED) is 0.176. The van der Waals surface area contributed by atoms with Crippen molar-refractivity contribution in [1.29, 1.82) is 0 Å². The number of halogens is 8. The van der Waals surface area contributed by atoms with Gasteiger partial charge in [-0.15, -0.1) is 6.42 Å². The Kier molecular flexibility index (Phi) is 9.80. The van der Waals surface area contributed by atoms with E-state index in [4.69, 9.17) is 22.1 Å². The van der Waals surface area contributed by atoms with Gasteiger partial charge < -0.3 is 25.4 Å². The third-order valence-electron chi connectivity index (χ3n) is 8.60. The van der Waals surface area contributed by atoms with Crippen LogP contribution in [0.25, 0.3) is 22.0 Å². The number of nitrogens with zero attached hydrogens (tertiary/aromatic N) is 4. The number of fused-ring (bicyclic) bond motifs is 3. The van der Waals surface area contributed by atoms with Crippen LogP contribution in [0.1, 0.15) is 30.4 Å². The van der Waals surface area contributed by atoms with Gasteiger partial charge in [0.15, 0.2) is 5.82 Å². The normalized spacial score (nSPS) is 24.9. The molecule has 3 aromatic rings. The van der Waals surface area contributed by atoms with Crippen LogP contribution in [0.15, 0.2) is 12.1 Å². The summed E-state index contributed by atoms with van der Waals surface area (Å²) in [5.74, 6) is -3.07. The fraction of sp³-hybridized carbons (Fsp3) is 0.483. The number of alkyl halides is 5. The van der Waals surface area contributed by atoms with Crippen molar-refractivity contribution in [2.75, 3.05) is 43.5 Å². The standard InChI is InChI=1S/C22H17ClF6N4O2.C7H11FN.U/c1-7-14(22(27,28)29)8(5-12(30)15(7)24)13-11(23)4-9-18(17(13)26)31-21(34)32-20(9)33-2-3-35-6-10-16(25)19(10)33;8-6-4-7-2-1-3-9(7)5-6;/h4-5,10,16,19H,2-3,6,30H2,1H3,(H,31,32,34);6H,1-5H2;/q;-1;/t10-,16-,19-;6-;/m01./s1. The van der Waals surface area contributed by atoms with Crippen molar-refractivity contribution in [3.63, 3.8) is 0 Å². The molecule has 242 valence electrons. The van der Waals surface area contributed by atoms with Crippen LogP contribution in [0.3, 0.4) is 0 Å². The van der Waals surface area contributed by atoms with Gasteiger partial charge in [-0.25, -0.2) is 23.6 Å². The van der Waals surface area contributed by atoms with E-state index in [2.05, 4.69) is 14.9 Å². The number of benzene rings is 2. The van der Waals surface area contributed by atoms with Gasteiger partial charge in [0.1, 0.15) is 23.3 Å². The summed E-state index contributed by atoms with van der Waals surface area (Å²) >= 11 is 6.29. The summed E-state index contributed by atoms with van der Waals surface area (Å²) in [7, 11) is 0. The van der Waals surface area contributed by atoms with Gasteiger partial charge in [0.05, 0.1) is 41.7 Å². The van der Waals surface area contributed by atoms with Crippen LogP contribution >= 0.6 is 11.6 Å². The zero-order chi connectivity index (χ0) is 31.7.